The van der Waals surface area contributed by atoms with Gasteiger partial charge in [-0.2, -0.15) is 0 Å². The van der Waals surface area contributed by atoms with E-state index >= 15 is 0 Å². The second kappa shape index (κ2) is 11.1. The van der Waals surface area contributed by atoms with Gasteiger partial charge in [-0.15, -0.1) is 0 Å². The molecule has 5 nitrogen and oxygen atoms in total. The highest BCUT2D eigenvalue weighted by Crippen LogP contribution is 2.39. The van der Waals surface area contributed by atoms with E-state index in [1.165, 1.54) is 10.8 Å². The Bertz CT molecular complexity index is 2410. The quantitative estimate of drug-likeness (QED) is 0.197. The van der Waals surface area contributed by atoms with E-state index in [2.05, 4.69) is 98.1 Å². The molecule has 8 rings (SSSR count). The predicted octanol–water partition coefficient (Wildman–Crippen LogP) is 11.0. The number of aromatic nitrogens is 2. The van der Waals surface area contributed by atoms with E-state index in [0.717, 1.165) is 44.5 Å². The number of para-hydroxylation sites is 3. The number of hydrogen-bond acceptors (Lipinski definition) is 4. The van der Waals surface area contributed by atoms with Gasteiger partial charge in [0.25, 0.3) is 0 Å². The molecule has 2 aromatic heterocycles. The van der Waals surface area contributed by atoms with E-state index in [1.54, 1.807) is 12.3 Å². The minimum absolute atomic E-state index is 0.0546. The molecule has 0 spiro atoms. The van der Waals surface area contributed by atoms with Crippen molar-refractivity contribution < 1.29 is 9.52 Å². The van der Waals surface area contributed by atoms with Gasteiger partial charge >= 0.3 is 0 Å². The first-order chi connectivity index (χ1) is 22.8. The second-order valence-corrected chi connectivity index (χ2v) is 12.9. The number of rotatable bonds is 5. The van der Waals surface area contributed by atoms with Crippen LogP contribution in [0, 0.1) is 0 Å². The number of phenols is 1. The largest absolute Gasteiger partial charge is 0.507 e. The predicted molar refractivity (Wildman–Crippen MR) is 193 cm³/mol. The summed E-state index contributed by atoms with van der Waals surface area (Å²) in [4.78, 5) is 9.91. The standard InChI is InChI=1S/C42H33N3O2/c1-42(2,3)29-21-22-38(46)28(23-29)26-43-35-18-10-7-17-33(35)41-44-40-34(27-13-5-4-6-14-27)24-30(25-39(40)47-41)45-36-19-11-8-15-31(36)32-16-9-12-20-37(32)45/h4-26,46H,1-3H3. The molecule has 0 atom stereocenters. The third-order valence-corrected chi connectivity index (χ3v) is 8.77. The van der Waals surface area contributed by atoms with Gasteiger partial charge in [-0.25, -0.2) is 4.98 Å². The molecule has 47 heavy (non-hydrogen) atoms. The molecule has 8 aromatic rings. The molecule has 0 fully saturated rings. The van der Waals surface area contributed by atoms with E-state index < -0.39 is 0 Å². The SMILES string of the molecule is CC(C)(C)c1ccc(O)c(C=Nc2ccccc2-c2nc3c(-c4ccccc4)cc(-n4c5ccccc5c5ccccc54)cc3o2)c1. The normalized spacial score (nSPS) is 12.1. The van der Waals surface area contributed by atoms with Crippen LogP contribution in [0.2, 0.25) is 0 Å². The molecule has 0 aliphatic carbocycles. The number of aliphatic imine (C=N–C) groups is 1. The Morgan fingerprint density at radius 1 is 0.702 bits per heavy atom. The van der Waals surface area contributed by atoms with Crippen molar-refractivity contribution in [3.05, 3.63) is 145 Å². The lowest BCUT2D eigenvalue weighted by Crippen LogP contribution is -2.11. The Morgan fingerprint density at radius 2 is 1.36 bits per heavy atom. The Hall–Kier alpha value is -5.94. The molecule has 0 aliphatic rings. The van der Waals surface area contributed by atoms with E-state index in [1.807, 2.05) is 54.6 Å². The van der Waals surface area contributed by atoms with Crippen LogP contribution in [0.3, 0.4) is 0 Å². The molecule has 0 unspecified atom stereocenters. The van der Waals surface area contributed by atoms with E-state index in [-0.39, 0.29) is 11.2 Å². The second-order valence-electron chi connectivity index (χ2n) is 12.9. The summed E-state index contributed by atoms with van der Waals surface area (Å²) in [6.45, 7) is 6.46. The summed E-state index contributed by atoms with van der Waals surface area (Å²) < 4.78 is 8.91. The van der Waals surface area contributed by atoms with Gasteiger partial charge in [0.15, 0.2) is 5.58 Å². The number of aromatic hydroxyl groups is 1. The van der Waals surface area contributed by atoms with Crippen LogP contribution in [-0.2, 0) is 5.41 Å². The molecule has 0 saturated carbocycles. The lowest BCUT2D eigenvalue weighted by atomic mass is 9.86. The third kappa shape index (κ3) is 5.06. The zero-order valence-electron chi connectivity index (χ0n) is 26.5. The van der Waals surface area contributed by atoms with Crippen LogP contribution in [0.15, 0.2) is 143 Å². The maximum atomic E-state index is 10.6. The van der Waals surface area contributed by atoms with Gasteiger partial charge in [-0.05, 0) is 59.0 Å². The third-order valence-electron chi connectivity index (χ3n) is 8.77. The Balaban J connectivity index is 1.30. The lowest BCUT2D eigenvalue weighted by molar-refractivity contribution is 0.473. The summed E-state index contributed by atoms with van der Waals surface area (Å²) in [6, 6.07) is 45.1. The summed E-state index contributed by atoms with van der Waals surface area (Å²) >= 11 is 0. The smallest absolute Gasteiger partial charge is 0.229 e. The molecule has 2 heterocycles. The topological polar surface area (TPSA) is 63.6 Å². The number of fused-ring (bicyclic) bond motifs is 4. The van der Waals surface area contributed by atoms with Crippen LogP contribution < -0.4 is 0 Å². The maximum Gasteiger partial charge on any atom is 0.229 e. The average molecular weight is 612 g/mol. The first kappa shape index (κ1) is 28.5. The molecule has 0 amide bonds. The molecular formula is C42H33N3O2. The minimum Gasteiger partial charge on any atom is -0.507 e. The molecule has 1 N–H and O–H groups in total. The Labute approximate surface area is 273 Å². The van der Waals surface area contributed by atoms with Crippen molar-refractivity contribution in [2.75, 3.05) is 0 Å². The summed E-state index contributed by atoms with van der Waals surface area (Å²) in [5, 5.41) is 13.0. The Morgan fingerprint density at radius 3 is 2.09 bits per heavy atom. The van der Waals surface area contributed by atoms with Gasteiger partial charge in [0, 0.05) is 34.2 Å². The fourth-order valence-electron chi connectivity index (χ4n) is 6.33. The van der Waals surface area contributed by atoms with Gasteiger partial charge < -0.3 is 14.1 Å². The fraction of sp³-hybridized carbons (Fsp3) is 0.0952. The molecule has 5 heteroatoms. The average Bonchev–Trinajstić information content (AvgIpc) is 3.67. The van der Waals surface area contributed by atoms with E-state index in [4.69, 9.17) is 14.4 Å². The van der Waals surface area contributed by atoms with Gasteiger partial charge in [0.05, 0.1) is 28.0 Å². The van der Waals surface area contributed by atoms with Crippen molar-refractivity contribution in [2.24, 2.45) is 4.99 Å². The molecule has 0 saturated heterocycles. The van der Waals surface area contributed by atoms with Crippen molar-refractivity contribution >= 4 is 44.8 Å². The van der Waals surface area contributed by atoms with Crippen LogP contribution in [0.4, 0.5) is 5.69 Å². The van der Waals surface area contributed by atoms with E-state index in [0.29, 0.717) is 22.7 Å². The number of benzene rings is 6. The zero-order chi connectivity index (χ0) is 32.1. The van der Waals surface area contributed by atoms with Crippen molar-refractivity contribution in [2.45, 2.75) is 26.2 Å². The molecule has 0 aliphatic heterocycles. The fourth-order valence-corrected chi connectivity index (χ4v) is 6.33. The minimum atomic E-state index is -0.0546. The molecule has 228 valence electrons. The Kier molecular flexibility index (Phi) is 6.76. The highest BCUT2D eigenvalue weighted by molar-refractivity contribution is 6.09. The van der Waals surface area contributed by atoms with Gasteiger partial charge in [0.2, 0.25) is 5.89 Å². The summed E-state index contributed by atoms with van der Waals surface area (Å²) in [7, 11) is 0. The van der Waals surface area contributed by atoms with Crippen LogP contribution in [0.25, 0.3) is 61.2 Å². The summed E-state index contributed by atoms with van der Waals surface area (Å²) in [5.74, 6) is 0.670. The van der Waals surface area contributed by atoms with Gasteiger partial charge in [0.1, 0.15) is 11.3 Å². The summed E-state index contributed by atoms with van der Waals surface area (Å²) in [5.41, 5.74) is 9.96. The van der Waals surface area contributed by atoms with Crippen LogP contribution in [0.1, 0.15) is 31.9 Å². The number of phenolic OH excluding ortho intramolecular Hbond substituents is 1. The number of oxazole rings is 1. The van der Waals surface area contributed by atoms with Crippen LogP contribution in [-0.4, -0.2) is 20.9 Å². The van der Waals surface area contributed by atoms with Crippen molar-refractivity contribution in [3.63, 3.8) is 0 Å². The van der Waals surface area contributed by atoms with Crippen molar-refractivity contribution in [1.29, 1.82) is 0 Å². The van der Waals surface area contributed by atoms with Crippen LogP contribution in [0.5, 0.6) is 5.75 Å². The zero-order valence-corrected chi connectivity index (χ0v) is 26.5. The van der Waals surface area contributed by atoms with E-state index in [9.17, 15) is 5.11 Å². The number of nitrogens with zero attached hydrogens (tertiary/aromatic N) is 3. The molecule has 6 aromatic carbocycles. The van der Waals surface area contributed by atoms with Gasteiger partial charge in [-0.1, -0.05) is 106 Å². The number of hydrogen-bond donors (Lipinski definition) is 1. The monoisotopic (exact) mass is 611 g/mol. The first-order valence-electron chi connectivity index (χ1n) is 15.8. The van der Waals surface area contributed by atoms with Gasteiger partial charge in [-0.3, -0.25) is 4.99 Å². The summed E-state index contributed by atoms with van der Waals surface area (Å²) in [6.07, 6.45) is 1.71. The molecule has 0 radical (unpaired) electrons. The molecule has 0 bridgehead atoms. The first-order valence-corrected chi connectivity index (χ1v) is 15.8. The lowest BCUT2D eigenvalue weighted by Gasteiger charge is -2.19. The molecular weight excluding hydrogens is 578 g/mol. The van der Waals surface area contributed by atoms with Crippen molar-refractivity contribution in [1.82, 2.24) is 9.55 Å². The highest BCUT2D eigenvalue weighted by atomic mass is 16.3. The van der Waals surface area contributed by atoms with Crippen LogP contribution >= 0.6 is 0 Å². The maximum absolute atomic E-state index is 10.6. The highest BCUT2D eigenvalue weighted by Gasteiger charge is 2.20. The van der Waals surface area contributed by atoms with Crippen molar-refractivity contribution in [3.8, 4) is 34.0 Å².